The van der Waals surface area contributed by atoms with Crippen LogP contribution in [0.15, 0.2) is 36.5 Å². The molecule has 1 amide bonds. The Morgan fingerprint density at radius 3 is 2.78 bits per heavy atom. The van der Waals surface area contributed by atoms with Gasteiger partial charge in [-0.1, -0.05) is 37.5 Å². The maximum absolute atomic E-state index is 13.6. The largest absolute Gasteiger partial charge is 0.311 e. The zero-order valence-electron chi connectivity index (χ0n) is 13.2. The number of carbonyl (C=O) groups is 1. The molecule has 0 unspecified atom stereocenters. The molecule has 1 heterocycles. The van der Waals surface area contributed by atoms with Gasteiger partial charge in [0.05, 0.1) is 12.2 Å². The number of rotatable bonds is 5. The average molecular weight is 315 g/mol. The third kappa shape index (κ3) is 3.97. The zero-order chi connectivity index (χ0) is 16.1. The van der Waals surface area contributed by atoms with E-state index < -0.39 is 0 Å². The van der Waals surface area contributed by atoms with Gasteiger partial charge in [-0.05, 0) is 30.9 Å². The lowest BCUT2D eigenvalue weighted by Gasteiger charge is -2.23. The Balaban J connectivity index is 1.58. The predicted molar refractivity (Wildman–Crippen MR) is 87.7 cm³/mol. The van der Waals surface area contributed by atoms with Crippen molar-refractivity contribution in [3.05, 3.63) is 47.9 Å². The first-order valence-corrected chi connectivity index (χ1v) is 8.31. The topological polar surface area (TPSA) is 46.9 Å². The Labute approximate surface area is 135 Å². The molecule has 122 valence electrons. The van der Waals surface area contributed by atoms with Gasteiger partial charge in [0, 0.05) is 12.5 Å². The minimum Gasteiger partial charge on any atom is -0.311 e. The quantitative estimate of drug-likeness (QED) is 0.903. The molecule has 1 saturated carbocycles. The number of nitrogens with one attached hydrogen (secondary N) is 1. The molecule has 1 aromatic heterocycles. The van der Waals surface area contributed by atoms with E-state index in [0.29, 0.717) is 18.0 Å². The van der Waals surface area contributed by atoms with Crippen LogP contribution in [0.2, 0.25) is 0 Å². The second kappa shape index (κ2) is 7.40. The molecule has 0 spiro atoms. The highest BCUT2D eigenvalue weighted by Gasteiger charge is 2.19. The SMILES string of the molecule is O=C(CCc1ccccc1F)Nc1ccnn1C1CCCCC1. The number of hydrogen-bond donors (Lipinski definition) is 1. The van der Waals surface area contributed by atoms with E-state index in [1.165, 1.54) is 25.3 Å². The van der Waals surface area contributed by atoms with Crippen molar-refractivity contribution in [2.24, 2.45) is 0 Å². The number of halogens is 1. The molecule has 0 atom stereocenters. The Morgan fingerprint density at radius 2 is 2.00 bits per heavy atom. The maximum Gasteiger partial charge on any atom is 0.225 e. The molecule has 0 saturated heterocycles. The maximum atomic E-state index is 13.6. The van der Waals surface area contributed by atoms with Gasteiger partial charge in [-0.2, -0.15) is 5.10 Å². The Hall–Kier alpha value is -2.17. The van der Waals surface area contributed by atoms with Crippen LogP contribution in [-0.4, -0.2) is 15.7 Å². The number of benzene rings is 1. The molecule has 1 fully saturated rings. The van der Waals surface area contributed by atoms with Gasteiger partial charge in [0.1, 0.15) is 11.6 Å². The van der Waals surface area contributed by atoms with Crippen molar-refractivity contribution in [2.75, 3.05) is 5.32 Å². The molecular weight excluding hydrogens is 293 g/mol. The summed E-state index contributed by atoms with van der Waals surface area (Å²) in [5.41, 5.74) is 0.573. The number of anilines is 1. The van der Waals surface area contributed by atoms with Crippen molar-refractivity contribution in [1.82, 2.24) is 9.78 Å². The lowest BCUT2D eigenvalue weighted by atomic mass is 9.96. The van der Waals surface area contributed by atoms with E-state index in [-0.39, 0.29) is 18.1 Å². The van der Waals surface area contributed by atoms with E-state index >= 15 is 0 Å². The summed E-state index contributed by atoms with van der Waals surface area (Å²) in [6.45, 7) is 0. The molecule has 0 radical (unpaired) electrons. The molecule has 1 N–H and O–H groups in total. The van der Waals surface area contributed by atoms with Crippen LogP contribution >= 0.6 is 0 Å². The van der Waals surface area contributed by atoms with Crippen molar-refractivity contribution >= 4 is 11.7 Å². The molecule has 5 heteroatoms. The average Bonchev–Trinajstić information content (AvgIpc) is 3.03. The highest BCUT2D eigenvalue weighted by Crippen LogP contribution is 2.29. The lowest BCUT2D eigenvalue weighted by Crippen LogP contribution is -2.20. The first kappa shape index (κ1) is 15.7. The molecule has 1 aliphatic carbocycles. The molecule has 0 bridgehead atoms. The van der Waals surface area contributed by atoms with Crippen molar-refractivity contribution in [3.8, 4) is 0 Å². The molecule has 1 aromatic carbocycles. The van der Waals surface area contributed by atoms with E-state index in [9.17, 15) is 9.18 Å². The van der Waals surface area contributed by atoms with Gasteiger partial charge in [0.2, 0.25) is 5.91 Å². The van der Waals surface area contributed by atoms with Gasteiger partial charge in [-0.15, -0.1) is 0 Å². The highest BCUT2D eigenvalue weighted by molar-refractivity contribution is 5.89. The number of aromatic nitrogens is 2. The number of carbonyl (C=O) groups excluding carboxylic acids is 1. The van der Waals surface area contributed by atoms with Crippen LogP contribution in [0, 0.1) is 5.82 Å². The third-order valence-corrected chi connectivity index (χ3v) is 4.44. The van der Waals surface area contributed by atoms with Crippen LogP contribution in [0.4, 0.5) is 10.2 Å². The summed E-state index contributed by atoms with van der Waals surface area (Å²) in [6, 6.07) is 8.78. The van der Waals surface area contributed by atoms with Gasteiger partial charge >= 0.3 is 0 Å². The second-order valence-corrected chi connectivity index (χ2v) is 6.09. The standard InChI is InChI=1S/C18H22FN3O/c19-16-9-5-4-6-14(16)10-11-18(23)21-17-12-13-20-22(17)15-7-2-1-3-8-15/h4-6,9,12-13,15H,1-3,7-8,10-11H2,(H,21,23). The van der Waals surface area contributed by atoms with Crippen LogP contribution < -0.4 is 5.32 Å². The molecule has 3 rings (SSSR count). The number of nitrogens with zero attached hydrogens (tertiary/aromatic N) is 2. The van der Waals surface area contributed by atoms with Crippen LogP contribution in [0.1, 0.15) is 50.1 Å². The fraction of sp³-hybridized carbons (Fsp3) is 0.444. The van der Waals surface area contributed by atoms with Crippen molar-refractivity contribution in [3.63, 3.8) is 0 Å². The summed E-state index contributed by atoms with van der Waals surface area (Å²) in [6.07, 6.45) is 8.31. The summed E-state index contributed by atoms with van der Waals surface area (Å²) >= 11 is 0. The van der Waals surface area contributed by atoms with Crippen LogP contribution in [-0.2, 0) is 11.2 Å². The molecule has 0 aliphatic heterocycles. The van der Waals surface area contributed by atoms with Crippen molar-refractivity contribution in [2.45, 2.75) is 51.0 Å². The third-order valence-electron chi connectivity index (χ3n) is 4.44. The van der Waals surface area contributed by atoms with Gasteiger partial charge in [0.25, 0.3) is 0 Å². The minimum atomic E-state index is -0.257. The summed E-state index contributed by atoms with van der Waals surface area (Å²) in [7, 11) is 0. The van der Waals surface area contributed by atoms with Crippen molar-refractivity contribution < 1.29 is 9.18 Å². The van der Waals surface area contributed by atoms with Crippen LogP contribution in [0.25, 0.3) is 0 Å². The van der Waals surface area contributed by atoms with Gasteiger partial charge in [-0.25, -0.2) is 9.07 Å². The van der Waals surface area contributed by atoms with Gasteiger partial charge < -0.3 is 5.32 Å². The molecule has 1 aliphatic rings. The van der Waals surface area contributed by atoms with E-state index in [1.54, 1.807) is 24.4 Å². The summed E-state index contributed by atoms with van der Waals surface area (Å²) < 4.78 is 15.5. The molecule has 2 aromatic rings. The van der Waals surface area contributed by atoms with Crippen LogP contribution in [0.3, 0.4) is 0 Å². The Bertz CT molecular complexity index is 662. The second-order valence-electron chi connectivity index (χ2n) is 6.09. The summed E-state index contributed by atoms with van der Waals surface area (Å²) in [5.74, 6) is 0.383. The number of hydrogen-bond acceptors (Lipinski definition) is 2. The van der Waals surface area contributed by atoms with Crippen molar-refractivity contribution in [1.29, 1.82) is 0 Å². The predicted octanol–water partition coefficient (Wildman–Crippen LogP) is 4.10. The van der Waals surface area contributed by atoms with Crippen LogP contribution in [0.5, 0.6) is 0 Å². The Morgan fingerprint density at radius 1 is 1.22 bits per heavy atom. The highest BCUT2D eigenvalue weighted by atomic mass is 19.1. The van der Waals surface area contributed by atoms with E-state index in [4.69, 9.17) is 0 Å². The van der Waals surface area contributed by atoms with E-state index in [1.807, 2.05) is 10.7 Å². The molecule has 23 heavy (non-hydrogen) atoms. The normalized spacial score (nSPS) is 15.5. The fourth-order valence-electron chi connectivity index (χ4n) is 3.18. The first-order valence-electron chi connectivity index (χ1n) is 8.31. The zero-order valence-corrected chi connectivity index (χ0v) is 13.2. The first-order chi connectivity index (χ1) is 11.2. The van der Waals surface area contributed by atoms with Gasteiger partial charge in [0.15, 0.2) is 0 Å². The monoisotopic (exact) mass is 315 g/mol. The Kier molecular flexibility index (Phi) is 5.05. The van der Waals surface area contributed by atoms with E-state index in [0.717, 1.165) is 18.7 Å². The molecular formula is C18H22FN3O. The van der Waals surface area contributed by atoms with Gasteiger partial charge in [-0.3, -0.25) is 4.79 Å². The number of aryl methyl sites for hydroxylation is 1. The summed E-state index contributed by atoms with van der Waals surface area (Å²) in [5, 5.41) is 7.28. The number of amides is 1. The smallest absolute Gasteiger partial charge is 0.225 e. The summed E-state index contributed by atoms with van der Waals surface area (Å²) in [4.78, 5) is 12.2. The fourth-order valence-corrected chi connectivity index (χ4v) is 3.18. The lowest BCUT2D eigenvalue weighted by molar-refractivity contribution is -0.116. The molecule has 4 nitrogen and oxygen atoms in total. The minimum absolute atomic E-state index is 0.106. The van der Waals surface area contributed by atoms with E-state index in [2.05, 4.69) is 10.4 Å².